The van der Waals surface area contributed by atoms with Gasteiger partial charge in [-0.1, -0.05) is 0 Å². The largest absolute Gasteiger partial charge is 1.00 e. The molecule has 0 fully saturated rings. The Morgan fingerprint density at radius 3 is 0.667 bits per heavy atom. The molecule has 0 spiro atoms. The summed E-state index contributed by atoms with van der Waals surface area (Å²) >= 11 is 0. The Kier molecular flexibility index (Phi) is 17.3. The van der Waals surface area contributed by atoms with Crippen molar-refractivity contribution in [1.82, 2.24) is 0 Å². The van der Waals surface area contributed by atoms with Gasteiger partial charge in [-0.2, -0.15) is 0 Å². The average Bonchev–Trinajstić information content (AvgIpc) is 1.45. The molecule has 0 heterocycles. The average molecular weight is 243 g/mol. The van der Waals surface area contributed by atoms with Gasteiger partial charge in [-0.25, -0.2) is 0 Å². The van der Waals surface area contributed by atoms with Crippen LogP contribution in [0, 0.1) is 0 Å². The van der Waals surface area contributed by atoms with E-state index in [0.29, 0.717) is 0 Å². The number of halogens is 8. The Balaban J connectivity index is -0.0000000358. The third kappa shape index (κ3) is 164000. The van der Waals surface area contributed by atoms with Gasteiger partial charge in [0.25, 0.3) is 0 Å². The van der Waals surface area contributed by atoms with Crippen LogP contribution in [0.4, 0.5) is 34.5 Å². The van der Waals surface area contributed by atoms with Crippen LogP contribution in [0.5, 0.6) is 0 Å². The van der Waals surface area contributed by atoms with Gasteiger partial charge in [-0.15, -0.1) is 0 Å². The number of hydrogen-bond donors (Lipinski definition) is 3. The maximum Gasteiger partial charge on any atom is 1.00 e. The van der Waals surface area contributed by atoms with E-state index >= 15 is 0 Å². The van der Waals surface area contributed by atoms with E-state index in [4.69, 9.17) is 15.1 Å². The molecule has 3 N–H and O–H groups in total. The van der Waals surface area contributed by atoms with E-state index in [-0.39, 0.29) is 20.3 Å². The summed E-state index contributed by atoms with van der Waals surface area (Å²) < 4.78 is 78.0. The van der Waals surface area contributed by atoms with Gasteiger partial charge in [0, 0.05) is 0 Å². The summed E-state index contributed by atoms with van der Waals surface area (Å²) in [6.45, 7) is 0. The molecule has 0 rings (SSSR count). The first kappa shape index (κ1) is 24.4. The molecule has 0 aliphatic rings. The van der Waals surface area contributed by atoms with Crippen molar-refractivity contribution < 1.29 is 69.9 Å². The smallest absolute Gasteiger partial charge is 1.00 e. The summed E-state index contributed by atoms with van der Waals surface area (Å²) in [4.78, 5) is 0. The van der Waals surface area contributed by atoms with Crippen LogP contribution >= 0.6 is 0 Å². The second-order valence-corrected chi connectivity index (χ2v) is 1.34. The van der Waals surface area contributed by atoms with Crippen LogP contribution < -0.4 is 18.9 Å². The Hall–Kier alpha value is 0.112. The standard InChI is InChI=1S/2BF4.BH3O3.Li.H/c2*2-1(3,4)5;2-1(3)4;;/h;;2-4H;;/q2*-1;;+1;-1. The second kappa shape index (κ2) is 10.6. The zero-order valence-electron chi connectivity index (χ0n) is 8.10. The van der Waals surface area contributed by atoms with E-state index in [2.05, 4.69) is 0 Å². The summed E-state index contributed by atoms with van der Waals surface area (Å²) in [5, 5.41) is 21.5. The summed E-state index contributed by atoms with van der Waals surface area (Å²) in [7, 11) is -14.2. The van der Waals surface area contributed by atoms with Gasteiger partial charge >= 0.3 is 40.7 Å². The minimum atomic E-state index is -6.00. The van der Waals surface area contributed by atoms with Crippen molar-refractivity contribution in [2.24, 2.45) is 0 Å². The molecule has 0 saturated heterocycles. The first-order valence-electron chi connectivity index (χ1n) is 2.52. The van der Waals surface area contributed by atoms with Crippen LogP contribution in [0.15, 0.2) is 0 Å². The minimum absolute atomic E-state index is 0. The van der Waals surface area contributed by atoms with Gasteiger partial charge in [-0.05, 0) is 0 Å². The molecule has 15 heteroatoms. The van der Waals surface area contributed by atoms with Gasteiger partial charge < -0.3 is 51.0 Å². The summed E-state index contributed by atoms with van der Waals surface area (Å²) in [5.74, 6) is 0. The predicted octanol–water partition coefficient (Wildman–Crippen LogP) is -2.34. The molecular weight excluding hydrogens is 239 g/mol. The van der Waals surface area contributed by atoms with Gasteiger partial charge in [0.1, 0.15) is 0 Å². The maximum absolute atomic E-state index is 9.75. The Bertz CT molecular complexity index is 99.9. The molecule has 0 radical (unpaired) electrons. The molecule has 0 unspecified atom stereocenters. The van der Waals surface area contributed by atoms with E-state index in [1.807, 2.05) is 0 Å². The summed E-state index contributed by atoms with van der Waals surface area (Å²) in [6, 6.07) is 0. The van der Waals surface area contributed by atoms with Crippen molar-refractivity contribution in [1.29, 1.82) is 0 Å². The van der Waals surface area contributed by atoms with Crippen molar-refractivity contribution in [2.45, 2.75) is 0 Å². The van der Waals surface area contributed by atoms with Crippen molar-refractivity contribution in [3.05, 3.63) is 0 Å². The topological polar surface area (TPSA) is 60.7 Å². The maximum atomic E-state index is 9.75. The Morgan fingerprint density at radius 1 is 0.667 bits per heavy atom. The molecule has 0 aliphatic carbocycles. The summed E-state index contributed by atoms with van der Waals surface area (Å²) in [5.41, 5.74) is 0. The molecule has 0 aromatic heterocycles. The third-order valence-corrected chi connectivity index (χ3v) is 0. The van der Waals surface area contributed by atoms with Crippen LogP contribution in [0.2, 0.25) is 0 Å². The number of rotatable bonds is 0. The van der Waals surface area contributed by atoms with Crippen molar-refractivity contribution in [3.8, 4) is 0 Å². The fourth-order valence-electron chi connectivity index (χ4n) is 0. The van der Waals surface area contributed by atoms with Gasteiger partial charge in [-0.3, -0.25) is 0 Å². The predicted molar refractivity (Wildman–Crippen MR) is 33.9 cm³/mol. The number of hydrogen-bond acceptors (Lipinski definition) is 3. The fraction of sp³-hybridized carbons (Fsp3) is 0. The van der Waals surface area contributed by atoms with E-state index in [1.54, 1.807) is 0 Å². The minimum Gasteiger partial charge on any atom is -1.00 e. The normalized spacial score (nSPS) is 9.80. The first-order chi connectivity index (χ1) is 5.73. The second-order valence-electron chi connectivity index (χ2n) is 1.34. The fourth-order valence-corrected chi connectivity index (χ4v) is 0. The van der Waals surface area contributed by atoms with Gasteiger partial charge in [0.2, 0.25) is 0 Å². The van der Waals surface area contributed by atoms with E-state index in [9.17, 15) is 34.5 Å². The quantitative estimate of drug-likeness (QED) is 0.330. The SMILES string of the molecule is F[B-](F)(F)F.F[B-](F)(F)F.OB(O)O.[H-].[Li+]. The molecule has 0 amide bonds. The van der Waals surface area contributed by atoms with Crippen LogP contribution in [0.3, 0.4) is 0 Å². The van der Waals surface area contributed by atoms with E-state index in [1.165, 1.54) is 0 Å². The molecule has 0 atom stereocenters. The van der Waals surface area contributed by atoms with E-state index < -0.39 is 21.8 Å². The van der Waals surface area contributed by atoms with Gasteiger partial charge in [0.05, 0.1) is 0 Å². The van der Waals surface area contributed by atoms with Crippen molar-refractivity contribution in [2.75, 3.05) is 0 Å². The van der Waals surface area contributed by atoms with Crippen molar-refractivity contribution in [3.63, 3.8) is 0 Å². The van der Waals surface area contributed by atoms with E-state index in [0.717, 1.165) is 0 Å². The van der Waals surface area contributed by atoms with Crippen LogP contribution in [0.1, 0.15) is 1.43 Å². The Morgan fingerprint density at radius 2 is 0.667 bits per heavy atom. The zero-order chi connectivity index (χ0) is 12.6. The molecule has 0 bridgehead atoms. The first-order valence-corrected chi connectivity index (χ1v) is 2.52. The molecule has 3 nitrogen and oxygen atoms in total. The van der Waals surface area contributed by atoms with Crippen LogP contribution in [-0.2, 0) is 0 Å². The molecule has 0 aliphatic heterocycles. The molecule has 0 saturated carbocycles. The molecule has 90 valence electrons. The summed E-state index contributed by atoms with van der Waals surface area (Å²) in [6.07, 6.45) is 0. The van der Waals surface area contributed by atoms with Gasteiger partial charge in [0.15, 0.2) is 0 Å². The third-order valence-electron chi connectivity index (χ3n) is 0. The molecule has 15 heavy (non-hydrogen) atoms. The monoisotopic (exact) mass is 244 g/mol. The van der Waals surface area contributed by atoms with Crippen molar-refractivity contribution >= 4 is 21.8 Å². The molecular formula is H4B3F8LiO3-2. The zero-order valence-corrected chi connectivity index (χ0v) is 7.10. The molecule has 0 aromatic rings. The molecule has 0 aromatic carbocycles. The van der Waals surface area contributed by atoms with Crippen LogP contribution in [-0.4, -0.2) is 36.9 Å². The van der Waals surface area contributed by atoms with Crippen LogP contribution in [0.25, 0.3) is 0 Å². The Labute approximate surface area is 92.5 Å².